The molecule has 1 rings (SSSR count). The number of unbranched alkanes of at least 4 members (excludes halogenated alkanes) is 1. The van der Waals surface area contributed by atoms with Crippen molar-refractivity contribution >= 4 is 0 Å². The second kappa shape index (κ2) is 6.61. The molecular formula is C14H29NO. The van der Waals surface area contributed by atoms with Crippen LogP contribution in [0, 0.1) is 0 Å². The van der Waals surface area contributed by atoms with Crippen LogP contribution in [0.15, 0.2) is 0 Å². The van der Waals surface area contributed by atoms with Crippen LogP contribution >= 0.6 is 0 Å². The average molecular weight is 227 g/mol. The SMILES string of the molecule is CCCCC(O)C(C)(CC)N1CCCCC1. The van der Waals surface area contributed by atoms with E-state index in [0.29, 0.717) is 0 Å². The van der Waals surface area contributed by atoms with Crippen molar-refractivity contribution in [2.75, 3.05) is 13.1 Å². The van der Waals surface area contributed by atoms with Crippen molar-refractivity contribution in [3.63, 3.8) is 0 Å². The summed E-state index contributed by atoms with van der Waals surface area (Å²) < 4.78 is 0. The maximum absolute atomic E-state index is 10.4. The van der Waals surface area contributed by atoms with Gasteiger partial charge < -0.3 is 5.11 Å². The van der Waals surface area contributed by atoms with Gasteiger partial charge in [0, 0.05) is 5.54 Å². The minimum atomic E-state index is -0.157. The third-order valence-corrected chi connectivity index (χ3v) is 4.34. The Morgan fingerprint density at radius 1 is 1.19 bits per heavy atom. The molecule has 0 aliphatic carbocycles. The molecule has 0 saturated carbocycles. The zero-order valence-electron chi connectivity index (χ0n) is 11.3. The predicted octanol–water partition coefficient (Wildman–Crippen LogP) is 3.19. The van der Waals surface area contributed by atoms with Gasteiger partial charge in [-0.2, -0.15) is 0 Å². The topological polar surface area (TPSA) is 23.5 Å². The highest BCUT2D eigenvalue weighted by molar-refractivity contribution is 4.92. The molecule has 2 heteroatoms. The maximum atomic E-state index is 10.4. The first-order valence-electron chi connectivity index (χ1n) is 7.08. The lowest BCUT2D eigenvalue weighted by molar-refractivity contribution is -0.0378. The number of aliphatic hydroxyl groups is 1. The van der Waals surface area contributed by atoms with Gasteiger partial charge in [-0.15, -0.1) is 0 Å². The second-order valence-corrected chi connectivity index (χ2v) is 5.42. The lowest BCUT2D eigenvalue weighted by Gasteiger charge is -2.46. The van der Waals surface area contributed by atoms with Gasteiger partial charge in [-0.25, -0.2) is 0 Å². The molecule has 2 atom stereocenters. The molecule has 0 radical (unpaired) electrons. The monoisotopic (exact) mass is 227 g/mol. The standard InChI is InChI=1S/C14H29NO/c1-4-6-10-13(16)14(3,5-2)15-11-8-7-9-12-15/h13,16H,4-12H2,1-3H3. The van der Waals surface area contributed by atoms with Crippen LogP contribution in [0.1, 0.15) is 65.7 Å². The van der Waals surface area contributed by atoms with Gasteiger partial charge in [0.25, 0.3) is 0 Å². The smallest absolute Gasteiger partial charge is 0.0721 e. The lowest BCUT2D eigenvalue weighted by Crippen LogP contribution is -2.55. The molecule has 0 bridgehead atoms. The number of likely N-dealkylation sites (tertiary alicyclic amines) is 1. The Morgan fingerprint density at radius 2 is 1.81 bits per heavy atom. The van der Waals surface area contributed by atoms with E-state index in [1.807, 2.05) is 0 Å². The number of piperidine rings is 1. The van der Waals surface area contributed by atoms with E-state index in [2.05, 4.69) is 25.7 Å². The summed E-state index contributed by atoms with van der Waals surface area (Å²) in [5.74, 6) is 0. The van der Waals surface area contributed by atoms with Crippen molar-refractivity contribution < 1.29 is 5.11 Å². The number of rotatable bonds is 6. The molecule has 1 fully saturated rings. The fourth-order valence-electron chi connectivity index (χ4n) is 2.78. The van der Waals surface area contributed by atoms with E-state index < -0.39 is 0 Å². The highest BCUT2D eigenvalue weighted by atomic mass is 16.3. The summed E-state index contributed by atoms with van der Waals surface area (Å²) >= 11 is 0. The molecule has 1 heterocycles. The summed E-state index contributed by atoms with van der Waals surface area (Å²) in [6.45, 7) is 9.00. The van der Waals surface area contributed by atoms with Gasteiger partial charge in [-0.05, 0) is 45.7 Å². The number of hydrogen-bond acceptors (Lipinski definition) is 2. The van der Waals surface area contributed by atoms with Crippen LogP contribution in [0.2, 0.25) is 0 Å². The Morgan fingerprint density at radius 3 is 2.31 bits per heavy atom. The summed E-state index contributed by atoms with van der Waals surface area (Å²) in [5, 5.41) is 10.4. The molecule has 1 saturated heterocycles. The molecule has 96 valence electrons. The van der Waals surface area contributed by atoms with Gasteiger partial charge >= 0.3 is 0 Å². The van der Waals surface area contributed by atoms with Crippen LogP contribution in [-0.4, -0.2) is 34.7 Å². The summed E-state index contributed by atoms with van der Waals surface area (Å²) in [5.41, 5.74) is 0.00951. The van der Waals surface area contributed by atoms with E-state index in [9.17, 15) is 5.11 Å². The van der Waals surface area contributed by atoms with Crippen molar-refractivity contribution in [1.82, 2.24) is 4.90 Å². The largest absolute Gasteiger partial charge is 0.391 e. The summed E-state index contributed by atoms with van der Waals surface area (Å²) in [6.07, 6.45) is 8.14. The normalized spacial score (nSPS) is 24.0. The van der Waals surface area contributed by atoms with Crippen LogP contribution in [-0.2, 0) is 0 Å². The Bertz CT molecular complexity index is 189. The second-order valence-electron chi connectivity index (χ2n) is 5.42. The quantitative estimate of drug-likeness (QED) is 0.753. The van der Waals surface area contributed by atoms with Crippen molar-refractivity contribution in [1.29, 1.82) is 0 Å². The van der Waals surface area contributed by atoms with Crippen LogP contribution in [0.3, 0.4) is 0 Å². The maximum Gasteiger partial charge on any atom is 0.0721 e. The third-order valence-electron chi connectivity index (χ3n) is 4.34. The van der Waals surface area contributed by atoms with Gasteiger partial charge in [0.2, 0.25) is 0 Å². The highest BCUT2D eigenvalue weighted by Gasteiger charge is 2.37. The minimum Gasteiger partial charge on any atom is -0.391 e. The summed E-state index contributed by atoms with van der Waals surface area (Å²) in [4.78, 5) is 2.52. The predicted molar refractivity (Wildman–Crippen MR) is 69.7 cm³/mol. The Labute approximate surface area is 101 Å². The van der Waals surface area contributed by atoms with Crippen molar-refractivity contribution in [3.05, 3.63) is 0 Å². The van der Waals surface area contributed by atoms with Gasteiger partial charge in [-0.3, -0.25) is 4.90 Å². The zero-order chi connectivity index (χ0) is 12.0. The fourth-order valence-corrected chi connectivity index (χ4v) is 2.78. The van der Waals surface area contributed by atoms with Gasteiger partial charge in [0.15, 0.2) is 0 Å². The van der Waals surface area contributed by atoms with E-state index in [1.165, 1.54) is 38.8 Å². The van der Waals surface area contributed by atoms with Crippen molar-refractivity contribution in [2.45, 2.75) is 77.4 Å². The van der Waals surface area contributed by atoms with Gasteiger partial charge in [0.1, 0.15) is 0 Å². The number of nitrogens with zero attached hydrogens (tertiary/aromatic N) is 1. The van der Waals surface area contributed by atoms with Crippen LogP contribution in [0.4, 0.5) is 0 Å². The van der Waals surface area contributed by atoms with Crippen molar-refractivity contribution in [2.24, 2.45) is 0 Å². The summed E-state index contributed by atoms with van der Waals surface area (Å²) in [6, 6.07) is 0. The molecule has 1 aliphatic rings. The molecule has 2 unspecified atom stereocenters. The average Bonchev–Trinajstić information content (AvgIpc) is 2.35. The molecule has 0 spiro atoms. The first-order chi connectivity index (χ1) is 7.65. The van der Waals surface area contributed by atoms with E-state index in [-0.39, 0.29) is 11.6 Å². The van der Waals surface area contributed by atoms with Crippen molar-refractivity contribution in [3.8, 4) is 0 Å². The first kappa shape index (κ1) is 14.0. The Kier molecular flexibility index (Phi) is 5.77. The highest BCUT2D eigenvalue weighted by Crippen LogP contribution is 2.29. The molecule has 0 aromatic rings. The van der Waals surface area contributed by atoms with E-state index in [0.717, 1.165) is 19.3 Å². The third kappa shape index (κ3) is 3.21. The Balaban J connectivity index is 2.58. The zero-order valence-corrected chi connectivity index (χ0v) is 11.3. The molecule has 0 amide bonds. The van der Waals surface area contributed by atoms with Crippen LogP contribution < -0.4 is 0 Å². The molecule has 0 aromatic heterocycles. The molecule has 2 nitrogen and oxygen atoms in total. The fraction of sp³-hybridized carbons (Fsp3) is 1.00. The van der Waals surface area contributed by atoms with Crippen LogP contribution in [0.25, 0.3) is 0 Å². The molecule has 16 heavy (non-hydrogen) atoms. The van der Waals surface area contributed by atoms with Gasteiger partial charge in [0.05, 0.1) is 6.10 Å². The Hall–Kier alpha value is -0.0800. The van der Waals surface area contributed by atoms with Gasteiger partial charge in [-0.1, -0.05) is 33.1 Å². The molecular weight excluding hydrogens is 198 g/mol. The van der Waals surface area contributed by atoms with Crippen LogP contribution in [0.5, 0.6) is 0 Å². The summed E-state index contributed by atoms with van der Waals surface area (Å²) in [7, 11) is 0. The number of hydrogen-bond donors (Lipinski definition) is 1. The van der Waals surface area contributed by atoms with E-state index >= 15 is 0 Å². The number of aliphatic hydroxyl groups excluding tert-OH is 1. The molecule has 0 aromatic carbocycles. The molecule has 1 N–H and O–H groups in total. The van der Waals surface area contributed by atoms with E-state index in [4.69, 9.17) is 0 Å². The van der Waals surface area contributed by atoms with E-state index in [1.54, 1.807) is 0 Å². The minimum absolute atomic E-state index is 0.00951. The molecule has 1 aliphatic heterocycles. The lowest BCUT2D eigenvalue weighted by atomic mass is 9.85. The first-order valence-corrected chi connectivity index (χ1v) is 7.08.